The smallest absolute Gasteiger partial charge is 0.227 e. The van der Waals surface area contributed by atoms with Crippen LogP contribution in [0.5, 0.6) is 0 Å². The van der Waals surface area contributed by atoms with Crippen molar-refractivity contribution in [1.82, 2.24) is 0 Å². The lowest BCUT2D eigenvalue weighted by Gasteiger charge is -2.18. The zero-order valence-corrected chi connectivity index (χ0v) is 12.0. The third kappa shape index (κ3) is 3.28. The number of carbonyl (C=O) groups excluding carboxylic acids is 1. The molecule has 2 rings (SSSR count). The van der Waals surface area contributed by atoms with Gasteiger partial charge in [0.05, 0.1) is 17.0 Å². The second-order valence-corrected chi connectivity index (χ2v) is 6.77. The molecule has 0 saturated carbocycles. The van der Waals surface area contributed by atoms with Gasteiger partial charge < -0.3 is 4.90 Å². The van der Waals surface area contributed by atoms with Crippen molar-refractivity contribution in [2.45, 2.75) is 6.42 Å². The molecule has 1 fully saturated rings. The summed E-state index contributed by atoms with van der Waals surface area (Å²) < 4.78 is 22.2. The molecule has 1 aromatic rings. The lowest BCUT2D eigenvalue weighted by molar-refractivity contribution is -0.117. The molecule has 1 amide bonds. The molecule has 1 aliphatic heterocycles. The standard InChI is InChI=1S/C12H12ClN3O3S/c13-10-2-1-9(5-14)11(4-10)16-6-8(3-12(16)17)7-20(15,18)19/h1-2,4,8H,3,6-7H2,(H2,15,18,19). The van der Waals surface area contributed by atoms with Crippen molar-refractivity contribution < 1.29 is 13.2 Å². The van der Waals surface area contributed by atoms with Crippen LogP contribution in [0.3, 0.4) is 0 Å². The van der Waals surface area contributed by atoms with E-state index in [1.54, 1.807) is 6.07 Å². The lowest BCUT2D eigenvalue weighted by Crippen LogP contribution is -2.28. The maximum atomic E-state index is 12.0. The molecule has 1 atom stereocenters. The van der Waals surface area contributed by atoms with Crippen LogP contribution in [0, 0.1) is 17.2 Å². The van der Waals surface area contributed by atoms with E-state index in [9.17, 15) is 13.2 Å². The van der Waals surface area contributed by atoms with Gasteiger partial charge in [-0.1, -0.05) is 11.6 Å². The van der Waals surface area contributed by atoms with Crippen molar-refractivity contribution in [2.75, 3.05) is 17.2 Å². The molecule has 20 heavy (non-hydrogen) atoms. The van der Waals surface area contributed by atoms with E-state index in [2.05, 4.69) is 0 Å². The summed E-state index contributed by atoms with van der Waals surface area (Å²) in [4.78, 5) is 13.4. The summed E-state index contributed by atoms with van der Waals surface area (Å²) in [5, 5.41) is 14.5. The number of benzene rings is 1. The number of hydrogen-bond donors (Lipinski definition) is 1. The summed E-state index contributed by atoms with van der Waals surface area (Å²) in [6.07, 6.45) is 0.0911. The molecule has 106 valence electrons. The first kappa shape index (κ1) is 14.8. The van der Waals surface area contributed by atoms with Gasteiger partial charge in [-0.05, 0) is 18.2 Å². The number of halogens is 1. The average Bonchev–Trinajstić information content (AvgIpc) is 2.67. The third-order valence-electron chi connectivity index (χ3n) is 3.04. The zero-order valence-electron chi connectivity index (χ0n) is 10.4. The molecule has 1 aliphatic rings. The molecular weight excluding hydrogens is 302 g/mol. The Hall–Kier alpha value is -1.62. The Labute approximate surface area is 121 Å². The minimum atomic E-state index is -3.63. The second kappa shape index (κ2) is 5.40. The van der Waals surface area contributed by atoms with E-state index in [4.69, 9.17) is 22.0 Å². The summed E-state index contributed by atoms with van der Waals surface area (Å²) >= 11 is 5.88. The van der Waals surface area contributed by atoms with Crippen molar-refractivity contribution in [2.24, 2.45) is 11.1 Å². The first-order valence-electron chi connectivity index (χ1n) is 5.80. The van der Waals surface area contributed by atoms with Crippen LogP contribution < -0.4 is 10.0 Å². The number of nitriles is 1. The summed E-state index contributed by atoms with van der Waals surface area (Å²) in [7, 11) is -3.63. The summed E-state index contributed by atoms with van der Waals surface area (Å²) in [6, 6.07) is 6.60. The molecule has 0 aromatic heterocycles. The zero-order chi connectivity index (χ0) is 14.9. The summed E-state index contributed by atoms with van der Waals surface area (Å²) in [5.74, 6) is -0.863. The number of hydrogen-bond acceptors (Lipinski definition) is 4. The number of primary sulfonamides is 1. The topological polar surface area (TPSA) is 104 Å². The molecular formula is C12H12ClN3O3S. The highest BCUT2D eigenvalue weighted by molar-refractivity contribution is 7.89. The van der Waals surface area contributed by atoms with E-state index in [-0.39, 0.29) is 30.5 Å². The van der Waals surface area contributed by atoms with E-state index >= 15 is 0 Å². The van der Waals surface area contributed by atoms with Crippen LogP contribution >= 0.6 is 11.6 Å². The van der Waals surface area contributed by atoms with Crippen molar-refractivity contribution >= 4 is 33.2 Å². The Morgan fingerprint density at radius 2 is 2.20 bits per heavy atom. The number of sulfonamides is 1. The first-order valence-corrected chi connectivity index (χ1v) is 7.90. The van der Waals surface area contributed by atoms with Gasteiger partial charge in [0, 0.05) is 23.9 Å². The van der Waals surface area contributed by atoms with Crippen LogP contribution in [0.25, 0.3) is 0 Å². The maximum absolute atomic E-state index is 12.0. The molecule has 0 spiro atoms. The van der Waals surface area contributed by atoms with E-state index in [0.717, 1.165) is 0 Å². The fraction of sp³-hybridized carbons (Fsp3) is 0.333. The van der Waals surface area contributed by atoms with Crippen molar-refractivity contribution in [3.05, 3.63) is 28.8 Å². The van der Waals surface area contributed by atoms with Gasteiger partial charge in [0.25, 0.3) is 0 Å². The minimum absolute atomic E-state index is 0.0911. The van der Waals surface area contributed by atoms with Gasteiger partial charge >= 0.3 is 0 Å². The average molecular weight is 314 g/mol. The highest BCUT2D eigenvalue weighted by Crippen LogP contribution is 2.30. The molecule has 0 radical (unpaired) electrons. The van der Waals surface area contributed by atoms with E-state index in [1.807, 2.05) is 6.07 Å². The monoisotopic (exact) mass is 313 g/mol. The Balaban J connectivity index is 2.29. The highest BCUT2D eigenvalue weighted by atomic mass is 35.5. The first-order chi connectivity index (χ1) is 9.30. The second-order valence-electron chi connectivity index (χ2n) is 4.68. The quantitative estimate of drug-likeness (QED) is 0.893. The SMILES string of the molecule is N#Cc1ccc(Cl)cc1N1CC(CS(N)(=O)=O)CC1=O. The van der Waals surface area contributed by atoms with E-state index < -0.39 is 10.0 Å². The van der Waals surface area contributed by atoms with Gasteiger partial charge in [0.1, 0.15) is 6.07 Å². The van der Waals surface area contributed by atoms with Gasteiger partial charge in [-0.15, -0.1) is 0 Å². The number of rotatable bonds is 3. The molecule has 6 nitrogen and oxygen atoms in total. The fourth-order valence-electron chi connectivity index (χ4n) is 2.28. The minimum Gasteiger partial charge on any atom is -0.311 e. The van der Waals surface area contributed by atoms with Gasteiger partial charge in [-0.25, -0.2) is 13.6 Å². The Kier molecular flexibility index (Phi) is 3.99. The Bertz CT molecular complexity index is 696. The Morgan fingerprint density at radius 1 is 1.50 bits per heavy atom. The fourth-order valence-corrected chi connectivity index (χ4v) is 3.32. The van der Waals surface area contributed by atoms with Crippen LogP contribution in [0.2, 0.25) is 5.02 Å². The van der Waals surface area contributed by atoms with E-state index in [0.29, 0.717) is 16.3 Å². The number of nitrogens with zero attached hydrogens (tertiary/aromatic N) is 2. The normalized spacial score (nSPS) is 19.1. The molecule has 2 N–H and O–H groups in total. The highest BCUT2D eigenvalue weighted by Gasteiger charge is 2.33. The predicted molar refractivity (Wildman–Crippen MR) is 74.6 cm³/mol. The van der Waals surface area contributed by atoms with Crippen LogP contribution in [-0.2, 0) is 14.8 Å². The number of nitrogens with two attached hydrogens (primary N) is 1. The van der Waals surface area contributed by atoms with Gasteiger partial charge in [-0.3, -0.25) is 4.79 Å². The lowest BCUT2D eigenvalue weighted by atomic mass is 10.1. The van der Waals surface area contributed by atoms with Crippen LogP contribution in [0.1, 0.15) is 12.0 Å². The van der Waals surface area contributed by atoms with Gasteiger partial charge in [0.15, 0.2) is 0 Å². The van der Waals surface area contributed by atoms with Crippen LogP contribution in [-0.4, -0.2) is 26.6 Å². The molecule has 8 heteroatoms. The molecule has 1 saturated heterocycles. The van der Waals surface area contributed by atoms with Gasteiger partial charge in [0.2, 0.25) is 15.9 Å². The molecule has 0 aliphatic carbocycles. The number of carbonyl (C=O) groups is 1. The van der Waals surface area contributed by atoms with Crippen molar-refractivity contribution in [1.29, 1.82) is 5.26 Å². The maximum Gasteiger partial charge on any atom is 0.227 e. The molecule has 1 unspecified atom stereocenters. The van der Waals surface area contributed by atoms with Crippen LogP contribution in [0.15, 0.2) is 18.2 Å². The molecule has 0 bridgehead atoms. The van der Waals surface area contributed by atoms with Gasteiger partial charge in [-0.2, -0.15) is 5.26 Å². The predicted octanol–water partition coefficient (Wildman–Crippen LogP) is 0.853. The number of amides is 1. The largest absolute Gasteiger partial charge is 0.311 e. The number of anilines is 1. The molecule has 1 heterocycles. The van der Waals surface area contributed by atoms with Crippen molar-refractivity contribution in [3.63, 3.8) is 0 Å². The van der Waals surface area contributed by atoms with E-state index in [1.165, 1.54) is 17.0 Å². The molecule has 1 aromatic carbocycles. The summed E-state index contributed by atoms with van der Waals surface area (Å²) in [5.41, 5.74) is 0.723. The Morgan fingerprint density at radius 3 is 2.80 bits per heavy atom. The van der Waals surface area contributed by atoms with Crippen molar-refractivity contribution in [3.8, 4) is 6.07 Å². The van der Waals surface area contributed by atoms with Crippen LogP contribution in [0.4, 0.5) is 5.69 Å². The summed E-state index contributed by atoms with van der Waals surface area (Å²) in [6.45, 7) is 0.213. The third-order valence-corrected chi connectivity index (χ3v) is 4.22.